The van der Waals surface area contributed by atoms with E-state index in [-0.39, 0.29) is 17.2 Å². The van der Waals surface area contributed by atoms with Crippen molar-refractivity contribution in [2.75, 3.05) is 6.61 Å². The second-order valence-electron chi connectivity index (χ2n) is 4.52. The number of rotatable bonds is 5. The molecule has 104 valence electrons. The summed E-state index contributed by atoms with van der Waals surface area (Å²) in [6.45, 7) is 4.40. The number of alkyl halides is 3. The van der Waals surface area contributed by atoms with Crippen molar-refractivity contribution in [3.63, 3.8) is 0 Å². The summed E-state index contributed by atoms with van der Waals surface area (Å²) in [6.07, 6.45) is -2.58. The lowest BCUT2D eigenvalue weighted by atomic mass is 10.1. The minimum absolute atomic E-state index is 0.147. The second kappa shape index (κ2) is 6.46. The molecule has 0 radical (unpaired) electrons. The Labute approximate surface area is 110 Å². The number of hydrogen-bond acceptors (Lipinski definition) is 2. The first kappa shape index (κ1) is 15.4. The molecule has 2 nitrogen and oxygen atoms in total. The van der Waals surface area contributed by atoms with Crippen LogP contribution in [0.3, 0.4) is 0 Å². The summed E-state index contributed by atoms with van der Waals surface area (Å²) in [5.74, 6) is 0.434. The van der Waals surface area contributed by atoms with Gasteiger partial charge >= 0.3 is 6.18 Å². The zero-order chi connectivity index (χ0) is 14.5. The Hall–Kier alpha value is -1.70. The van der Waals surface area contributed by atoms with E-state index < -0.39 is 11.7 Å². The lowest BCUT2D eigenvalue weighted by Gasteiger charge is -2.14. The highest BCUT2D eigenvalue weighted by Crippen LogP contribution is 2.34. The summed E-state index contributed by atoms with van der Waals surface area (Å²) in [6, 6.07) is 4.96. The van der Waals surface area contributed by atoms with Crippen molar-refractivity contribution >= 4 is 0 Å². The molecule has 0 aliphatic rings. The fourth-order valence-electron chi connectivity index (χ4n) is 1.76. The maximum absolute atomic E-state index is 12.7. The maximum atomic E-state index is 12.7. The number of halogens is 3. The molecule has 1 unspecified atom stereocenters. The Kier molecular flexibility index (Phi) is 5.22. The van der Waals surface area contributed by atoms with Crippen LogP contribution < -0.4 is 4.74 Å². The van der Waals surface area contributed by atoms with Gasteiger partial charge in [0.05, 0.1) is 23.8 Å². The standard InChI is InChI=1S/C14H16F3NO/c1-3-4-10(2)9-19-12-6-5-11(8-18)13(7-12)14(15,16)17/h5-7,10H,3-4,9H2,1-2H3. The lowest BCUT2D eigenvalue weighted by molar-refractivity contribution is -0.137. The van der Waals surface area contributed by atoms with Crippen LogP contribution in [-0.4, -0.2) is 6.61 Å². The fraction of sp³-hybridized carbons (Fsp3) is 0.500. The zero-order valence-corrected chi connectivity index (χ0v) is 10.9. The molecule has 0 aromatic heterocycles. The number of nitrogens with zero attached hydrogens (tertiary/aromatic N) is 1. The van der Waals surface area contributed by atoms with Crippen molar-refractivity contribution in [1.29, 1.82) is 5.26 Å². The van der Waals surface area contributed by atoms with Crippen LogP contribution in [0, 0.1) is 17.2 Å². The molecule has 1 aromatic carbocycles. The molecule has 0 N–H and O–H groups in total. The number of ether oxygens (including phenoxy) is 1. The van der Waals surface area contributed by atoms with Crippen LogP contribution in [0.15, 0.2) is 18.2 Å². The zero-order valence-electron chi connectivity index (χ0n) is 10.9. The number of benzene rings is 1. The topological polar surface area (TPSA) is 33.0 Å². The Morgan fingerprint density at radius 1 is 1.37 bits per heavy atom. The Morgan fingerprint density at radius 2 is 2.05 bits per heavy atom. The van der Waals surface area contributed by atoms with Crippen molar-refractivity contribution < 1.29 is 17.9 Å². The third-order valence-corrected chi connectivity index (χ3v) is 2.73. The van der Waals surface area contributed by atoms with Gasteiger partial charge in [-0.2, -0.15) is 18.4 Å². The van der Waals surface area contributed by atoms with Crippen LogP contribution in [-0.2, 0) is 6.18 Å². The summed E-state index contributed by atoms with van der Waals surface area (Å²) < 4.78 is 43.5. The first-order chi connectivity index (χ1) is 8.88. The van der Waals surface area contributed by atoms with Crippen molar-refractivity contribution in [2.24, 2.45) is 5.92 Å². The molecule has 1 aromatic rings. The van der Waals surface area contributed by atoms with Crippen molar-refractivity contribution in [3.8, 4) is 11.8 Å². The van der Waals surface area contributed by atoms with Crippen LogP contribution in [0.5, 0.6) is 5.75 Å². The highest BCUT2D eigenvalue weighted by molar-refractivity contribution is 5.44. The predicted octanol–water partition coefficient (Wildman–Crippen LogP) is 4.39. The largest absolute Gasteiger partial charge is 0.493 e. The molecule has 0 heterocycles. The van der Waals surface area contributed by atoms with Crippen molar-refractivity contribution in [2.45, 2.75) is 32.9 Å². The molecule has 19 heavy (non-hydrogen) atoms. The van der Waals surface area contributed by atoms with Gasteiger partial charge in [0.1, 0.15) is 5.75 Å². The van der Waals surface area contributed by atoms with Gasteiger partial charge in [-0.15, -0.1) is 0 Å². The monoisotopic (exact) mass is 271 g/mol. The minimum Gasteiger partial charge on any atom is -0.493 e. The maximum Gasteiger partial charge on any atom is 0.417 e. The van der Waals surface area contributed by atoms with E-state index in [1.807, 2.05) is 13.8 Å². The Bertz CT molecular complexity index is 463. The summed E-state index contributed by atoms with van der Waals surface area (Å²) in [7, 11) is 0. The molecule has 1 atom stereocenters. The highest BCUT2D eigenvalue weighted by atomic mass is 19.4. The average molecular weight is 271 g/mol. The van der Waals surface area contributed by atoms with E-state index >= 15 is 0 Å². The third-order valence-electron chi connectivity index (χ3n) is 2.73. The van der Waals surface area contributed by atoms with Crippen molar-refractivity contribution in [1.82, 2.24) is 0 Å². The summed E-state index contributed by atoms with van der Waals surface area (Å²) in [5, 5.41) is 8.67. The molecule has 0 aliphatic carbocycles. The first-order valence-electron chi connectivity index (χ1n) is 6.12. The molecule has 0 fully saturated rings. The van der Waals surface area contributed by atoms with Gasteiger partial charge in [0.2, 0.25) is 0 Å². The smallest absolute Gasteiger partial charge is 0.417 e. The summed E-state index contributed by atoms with van der Waals surface area (Å²) in [4.78, 5) is 0. The van der Waals surface area contributed by atoms with Gasteiger partial charge in [0, 0.05) is 0 Å². The van der Waals surface area contributed by atoms with E-state index in [2.05, 4.69) is 0 Å². The third kappa shape index (κ3) is 4.47. The van der Waals surface area contributed by atoms with E-state index in [4.69, 9.17) is 10.00 Å². The Balaban J connectivity index is 2.85. The van der Waals surface area contributed by atoms with Crippen LogP contribution in [0.4, 0.5) is 13.2 Å². The van der Waals surface area contributed by atoms with Crippen LogP contribution >= 0.6 is 0 Å². The Morgan fingerprint density at radius 3 is 2.58 bits per heavy atom. The van der Waals surface area contributed by atoms with Gasteiger partial charge in [0.15, 0.2) is 0 Å². The van der Waals surface area contributed by atoms with Gasteiger partial charge in [-0.3, -0.25) is 0 Å². The SMILES string of the molecule is CCCC(C)COc1ccc(C#N)c(C(F)(F)F)c1. The highest BCUT2D eigenvalue weighted by Gasteiger charge is 2.34. The van der Waals surface area contributed by atoms with E-state index in [0.29, 0.717) is 6.61 Å². The molecular formula is C14H16F3NO. The van der Waals surface area contributed by atoms with Gasteiger partial charge < -0.3 is 4.74 Å². The minimum atomic E-state index is -4.54. The molecule has 0 spiro atoms. The molecule has 0 amide bonds. The van der Waals surface area contributed by atoms with Crippen LogP contribution in [0.1, 0.15) is 37.8 Å². The van der Waals surface area contributed by atoms with E-state index in [0.717, 1.165) is 25.0 Å². The van der Waals surface area contributed by atoms with Gasteiger partial charge in [-0.05, 0) is 30.5 Å². The van der Waals surface area contributed by atoms with Crippen LogP contribution in [0.2, 0.25) is 0 Å². The van der Waals surface area contributed by atoms with Gasteiger partial charge in [0.25, 0.3) is 0 Å². The normalized spacial score (nSPS) is 12.8. The fourth-order valence-corrected chi connectivity index (χ4v) is 1.76. The molecule has 0 saturated carbocycles. The number of nitriles is 1. The van der Waals surface area contributed by atoms with Gasteiger partial charge in [-0.25, -0.2) is 0 Å². The molecule has 0 aliphatic heterocycles. The summed E-state index contributed by atoms with van der Waals surface area (Å²) >= 11 is 0. The molecular weight excluding hydrogens is 255 g/mol. The molecule has 1 rings (SSSR count). The lowest BCUT2D eigenvalue weighted by Crippen LogP contribution is -2.11. The molecule has 5 heteroatoms. The van der Waals surface area contributed by atoms with Crippen LogP contribution in [0.25, 0.3) is 0 Å². The quantitative estimate of drug-likeness (QED) is 0.795. The summed E-state index contributed by atoms with van der Waals surface area (Å²) in [5.41, 5.74) is -1.34. The average Bonchev–Trinajstić information content (AvgIpc) is 2.35. The molecule has 0 saturated heterocycles. The second-order valence-corrected chi connectivity index (χ2v) is 4.52. The number of hydrogen-bond donors (Lipinski definition) is 0. The molecule has 0 bridgehead atoms. The van der Waals surface area contributed by atoms with Crippen molar-refractivity contribution in [3.05, 3.63) is 29.3 Å². The predicted molar refractivity (Wildman–Crippen MR) is 65.7 cm³/mol. The van der Waals surface area contributed by atoms with E-state index in [1.165, 1.54) is 12.1 Å². The first-order valence-corrected chi connectivity index (χ1v) is 6.12. The van der Waals surface area contributed by atoms with E-state index in [1.54, 1.807) is 0 Å². The van der Waals surface area contributed by atoms with Gasteiger partial charge in [-0.1, -0.05) is 20.3 Å². The van der Waals surface area contributed by atoms with E-state index in [9.17, 15) is 13.2 Å².